The summed E-state index contributed by atoms with van der Waals surface area (Å²) in [7, 11) is 0. The van der Waals surface area contributed by atoms with Crippen LogP contribution in [0.15, 0.2) is 24.3 Å². The monoisotopic (exact) mass is 262 g/mol. The highest BCUT2D eigenvalue weighted by atomic mass is 16.5. The molecule has 1 N–H and O–H groups in total. The number of rotatable bonds is 6. The Morgan fingerprint density at radius 1 is 1.26 bits per heavy atom. The van der Waals surface area contributed by atoms with Crippen LogP contribution < -0.4 is 10.2 Å². The molecule has 0 spiro atoms. The molecule has 1 aromatic carbocycles. The van der Waals surface area contributed by atoms with Gasteiger partial charge in [-0.15, -0.1) is 0 Å². The first-order valence-electron chi connectivity index (χ1n) is 7.49. The average Bonchev–Trinajstić information content (AvgIpc) is 2.48. The first kappa shape index (κ1) is 14.4. The molecular formula is C16H26N2O. The van der Waals surface area contributed by atoms with E-state index >= 15 is 0 Å². The molecule has 1 heterocycles. The number of hydrogen-bond donors (Lipinski definition) is 1. The summed E-state index contributed by atoms with van der Waals surface area (Å²) in [5.41, 5.74) is 2.69. The molecule has 1 aliphatic heterocycles. The van der Waals surface area contributed by atoms with Gasteiger partial charge in [0.05, 0.1) is 19.3 Å². The van der Waals surface area contributed by atoms with Gasteiger partial charge in [-0.05, 0) is 37.1 Å². The van der Waals surface area contributed by atoms with E-state index in [4.69, 9.17) is 4.74 Å². The van der Waals surface area contributed by atoms with Crippen molar-refractivity contribution in [2.75, 3.05) is 31.2 Å². The van der Waals surface area contributed by atoms with Crippen molar-refractivity contribution in [3.05, 3.63) is 29.8 Å². The molecule has 19 heavy (non-hydrogen) atoms. The average molecular weight is 262 g/mol. The van der Waals surface area contributed by atoms with Crippen molar-refractivity contribution in [3.63, 3.8) is 0 Å². The van der Waals surface area contributed by atoms with Gasteiger partial charge in [0, 0.05) is 18.8 Å². The van der Waals surface area contributed by atoms with E-state index in [9.17, 15) is 0 Å². The second-order valence-electron chi connectivity index (χ2n) is 5.17. The third-order valence-electron chi connectivity index (χ3n) is 3.72. The fraction of sp³-hybridized carbons (Fsp3) is 0.625. The first-order chi connectivity index (χ1) is 9.35. The number of nitrogens with one attached hydrogen (secondary N) is 1. The standard InChI is InChI=1S/C16H26N2O/c1-3-9-17-12-14-5-7-16(8-6-14)18-10-11-19-13-15(18)4-2/h5-8,15,17H,3-4,9-13H2,1-2H3. The zero-order chi connectivity index (χ0) is 13.5. The molecule has 1 fully saturated rings. The topological polar surface area (TPSA) is 24.5 Å². The van der Waals surface area contributed by atoms with E-state index in [2.05, 4.69) is 48.3 Å². The fourth-order valence-electron chi connectivity index (χ4n) is 2.55. The van der Waals surface area contributed by atoms with E-state index in [0.717, 1.165) is 39.3 Å². The van der Waals surface area contributed by atoms with Crippen molar-refractivity contribution < 1.29 is 4.74 Å². The molecule has 1 aliphatic rings. The first-order valence-corrected chi connectivity index (χ1v) is 7.49. The Bertz CT molecular complexity index is 364. The minimum atomic E-state index is 0.526. The molecule has 106 valence electrons. The summed E-state index contributed by atoms with van der Waals surface area (Å²) in [4.78, 5) is 2.48. The molecule has 0 radical (unpaired) electrons. The summed E-state index contributed by atoms with van der Waals surface area (Å²) >= 11 is 0. The lowest BCUT2D eigenvalue weighted by Gasteiger charge is -2.37. The summed E-state index contributed by atoms with van der Waals surface area (Å²) in [6.45, 7) is 9.19. The summed E-state index contributed by atoms with van der Waals surface area (Å²) < 4.78 is 5.56. The quantitative estimate of drug-likeness (QED) is 0.798. The largest absolute Gasteiger partial charge is 0.377 e. The van der Waals surface area contributed by atoms with Gasteiger partial charge in [0.25, 0.3) is 0 Å². The summed E-state index contributed by atoms with van der Waals surface area (Å²) in [5, 5.41) is 3.44. The van der Waals surface area contributed by atoms with Crippen LogP contribution in [0, 0.1) is 0 Å². The van der Waals surface area contributed by atoms with Gasteiger partial charge in [-0.2, -0.15) is 0 Å². The lowest BCUT2D eigenvalue weighted by Crippen LogP contribution is -2.45. The highest BCUT2D eigenvalue weighted by Gasteiger charge is 2.21. The van der Waals surface area contributed by atoms with Crippen LogP contribution in [0.4, 0.5) is 5.69 Å². The molecule has 0 bridgehead atoms. The maximum absolute atomic E-state index is 5.56. The molecule has 0 amide bonds. The van der Waals surface area contributed by atoms with E-state index in [0.29, 0.717) is 6.04 Å². The normalized spacial score (nSPS) is 19.7. The molecule has 1 atom stereocenters. The van der Waals surface area contributed by atoms with Crippen molar-refractivity contribution in [3.8, 4) is 0 Å². The van der Waals surface area contributed by atoms with Crippen molar-refractivity contribution in [1.29, 1.82) is 0 Å². The third kappa shape index (κ3) is 3.95. The molecule has 3 heteroatoms. The van der Waals surface area contributed by atoms with E-state index in [1.165, 1.54) is 17.7 Å². The number of benzene rings is 1. The highest BCUT2D eigenvalue weighted by Crippen LogP contribution is 2.21. The zero-order valence-corrected chi connectivity index (χ0v) is 12.2. The SMILES string of the molecule is CCCNCc1ccc(N2CCOCC2CC)cc1. The minimum absolute atomic E-state index is 0.526. The number of morpholine rings is 1. The fourth-order valence-corrected chi connectivity index (χ4v) is 2.55. The second kappa shape index (κ2) is 7.51. The Morgan fingerprint density at radius 3 is 2.74 bits per heavy atom. The maximum Gasteiger partial charge on any atom is 0.0670 e. The zero-order valence-electron chi connectivity index (χ0n) is 12.2. The number of hydrogen-bond acceptors (Lipinski definition) is 3. The molecule has 1 aromatic rings. The molecule has 0 saturated carbocycles. The van der Waals surface area contributed by atoms with Crippen LogP contribution in [0.1, 0.15) is 32.3 Å². The van der Waals surface area contributed by atoms with Crippen LogP contribution in [0.5, 0.6) is 0 Å². The van der Waals surface area contributed by atoms with Gasteiger partial charge in [-0.1, -0.05) is 26.0 Å². The number of ether oxygens (including phenoxy) is 1. The molecular weight excluding hydrogens is 236 g/mol. The Balaban J connectivity index is 1.96. The van der Waals surface area contributed by atoms with Crippen molar-refractivity contribution >= 4 is 5.69 Å². The Morgan fingerprint density at radius 2 is 2.05 bits per heavy atom. The number of anilines is 1. The Kier molecular flexibility index (Phi) is 5.67. The lowest BCUT2D eigenvalue weighted by atomic mass is 10.1. The van der Waals surface area contributed by atoms with Gasteiger partial charge in [0.15, 0.2) is 0 Å². The van der Waals surface area contributed by atoms with Crippen molar-refractivity contribution in [2.45, 2.75) is 39.3 Å². The van der Waals surface area contributed by atoms with Gasteiger partial charge in [-0.25, -0.2) is 0 Å². The molecule has 0 aromatic heterocycles. The second-order valence-corrected chi connectivity index (χ2v) is 5.17. The molecule has 1 saturated heterocycles. The highest BCUT2D eigenvalue weighted by molar-refractivity contribution is 5.49. The van der Waals surface area contributed by atoms with E-state index in [-0.39, 0.29) is 0 Å². The van der Waals surface area contributed by atoms with Crippen LogP contribution in [0.2, 0.25) is 0 Å². The van der Waals surface area contributed by atoms with Crippen molar-refractivity contribution in [1.82, 2.24) is 5.32 Å². The van der Waals surface area contributed by atoms with Gasteiger partial charge in [0.1, 0.15) is 0 Å². The predicted molar refractivity (Wildman–Crippen MR) is 80.7 cm³/mol. The molecule has 1 unspecified atom stereocenters. The predicted octanol–water partition coefficient (Wildman–Crippen LogP) is 2.80. The number of nitrogens with zero attached hydrogens (tertiary/aromatic N) is 1. The summed E-state index contributed by atoms with van der Waals surface area (Å²) in [6.07, 6.45) is 2.32. The summed E-state index contributed by atoms with van der Waals surface area (Å²) in [5.74, 6) is 0. The van der Waals surface area contributed by atoms with Crippen LogP contribution >= 0.6 is 0 Å². The van der Waals surface area contributed by atoms with Gasteiger partial charge in [0.2, 0.25) is 0 Å². The van der Waals surface area contributed by atoms with Crippen LogP contribution in [-0.4, -0.2) is 32.3 Å². The summed E-state index contributed by atoms with van der Waals surface area (Å²) in [6, 6.07) is 9.49. The smallest absolute Gasteiger partial charge is 0.0670 e. The van der Waals surface area contributed by atoms with Crippen molar-refractivity contribution in [2.24, 2.45) is 0 Å². The van der Waals surface area contributed by atoms with Crippen LogP contribution in [-0.2, 0) is 11.3 Å². The minimum Gasteiger partial charge on any atom is -0.377 e. The van der Waals surface area contributed by atoms with E-state index < -0.39 is 0 Å². The van der Waals surface area contributed by atoms with E-state index in [1.807, 2.05) is 0 Å². The Hall–Kier alpha value is -1.06. The lowest BCUT2D eigenvalue weighted by molar-refractivity contribution is 0.0930. The molecule has 3 nitrogen and oxygen atoms in total. The van der Waals surface area contributed by atoms with Gasteiger partial charge in [-0.3, -0.25) is 0 Å². The molecule has 0 aliphatic carbocycles. The van der Waals surface area contributed by atoms with Crippen LogP contribution in [0.3, 0.4) is 0 Å². The van der Waals surface area contributed by atoms with Gasteiger partial charge < -0.3 is 15.0 Å². The third-order valence-corrected chi connectivity index (χ3v) is 3.72. The van der Waals surface area contributed by atoms with E-state index in [1.54, 1.807) is 0 Å². The maximum atomic E-state index is 5.56. The van der Waals surface area contributed by atoms with Crippen LogP contribution in [0.25, 0.3) is 0 Å². The molecule has 2 rings (SSSR count). The van der Waals surface area contributed by atoms with Gasteiger partial charge >= 0.3 is 0 Å². The Labute approximate surface area is 116 Å².